The third-order valence-electron chi connectivity index (χ3n) is 5.19. The molecule has 2 N–H and O–H groups in total. The fourth-order valence-electron chi connectivity index (χ4n) is 3.48. The molecule has 0 rings (SSSR count). The molecule has 0 aromatic rings. The maximum absolute atomic E-state index is 8.85. The van der Waals surface area contributed by atoms with Crippen LogP contribution in [0, 0.1) is 0 Å². The van der Waals surface area contributed by atoms with Crippen LogP contribution in [0.15, 0.2) is 0 Å². The van der Waals surface area contributed by atoms with Gasteiger partial charge >= 0.3 is 0 Å². The molecule has 0 radical (unpaired) electrons. The van der Waals surface area contributed by atoms with E-state index in [1.54, 1.807) is 0 Å². The van der Waals surface area contributed by atoms with E-state index >= 15 is 0 Å². The van der Waals surface area contributed by atoms with Crippen molar-refractivity contribution in [2.45, 2.75) is 129 Å². The molecule has 0 aliphatic heterocycles. The second-order valence-corrected chi connectivity index (χ2v) is 7.52. The van der Waals surface area contributed by atoms with Gasteiger partial charge in [0.2, 0.25) is 0 Å². The van der Waals surface area contributed by atoms with E-state index in [9.17, 15) is 0 Å². The Kier molecular flexibility index (Phi) is 20.9. The Morgan fingerprint density at radius 3 is 1.42 bits per heavy atom. The van der Waals surface area contributed by atoms with Crippen molar-refractivity contribution in [2.24, 2.45) is 0 Å². The third kappa shape index (κ3) is 18.3. The lowest BCUT2D eigenvalue weighted by molar-refractivity contribution is 0.279. The summed E-state index contributed by atoms with van der Waals surface area (Å²) in [6.07, 6.45) is 23.9. The highest BCUT2D eigenvalue weighted by molar-refractivity contribution is 4.64. The molecule has 2 heteroatoms. The molecule has 0 heterocycles. The number of unbranched alkanes of at least 4 members (excludes halogenated alkanes) is 14. The lowest BCUT2D eigenvalue weighted by atomic mass is 10.0. The van der Waals surface area contributed by atoms with Crippen LogP contribution >= 0.6 is 0 Å². The van der Waals surface area contributed by atoms with E-state index in [1.165, 1.54) is 109 Å². The van der Waals surface area contributed by atoms with E-state index in [-0.39, 0.29) is 6.61 Å². The molecule has 0 aromatic carbocycles. The molecule has 0 aromatic heterocycles. The summed E-state index contributed by atoms with van der Waals surface area (Å²) in [6, 6.07) is 0.610. The first kappa shape index (κ1) is 23.9. The number of nitrogens with one attached hydrogen (secondary N) is 1. The first-order chi connectivity index (χ1) is 11.8. The molecule has 0 fully saturated rings. The van der Waals surface area contributed by atoms with Crippen LogP contribution in [0.25, 0.3) is 0 Å². The van der Waals surface area contributed by atoms with Gasteiger partial charge in [0.15, 0.2) is 0 Å². The minimum Gasteiger partial charge on any atom is -0.395 e. The van der Waals surface area contributed by atoms with Gasteiger partial charge in [-0.2, -0.15) is 0 Å². The standard InChI is InChI=1S/C22H47NO/c1-3-5-6-7-8-9-10-11-12-13-14-15-16-17-18-19-22(4-2)23-20-21-24/h22-24H,3-21H2,1-2H3. The summed E-state index contributed by atoms with van der Waals surface area (Å²) in [5.74, 6) is 0. The van der Waals surface area contributed by atoms with E-state index in [1.807, 2.05) is 0 Å². The Morgan fingerprint density at radius 1 is 0.625 bits per heavy atom. The molecule has 0 spiro atoms. The zero-order chi connectivity index (χ0) is 17.7. The summed E-state index contributed by atoms with van der Waals surface area (Å²) >= 11 is 0. The van der Waals surface area contributed by atoms with Crippen molar-refractivity contribution in [3.8, 4) is 0 Å². The van der Waals surface area contributed by atoms with Crippen molar-refractivity contribution in [2.75, 3.05) is 13.2 Å². The van der Waals surface area contributed by atoms with Gasteiger partial charge < -0.3 is 10.4 Å². The topological polar surface area (TPSA) is 32.3 Å². The van der Waals surface area contributed by atoms with Gasteiger partial charge in [0.1, 0.15) is 0 Å². The molecular weight excluding hydrogens is 294 g/mol. The fourth-order valence-corrected chi connectivity index (χ4v) is 3.48. The second-order valence-electron chi connectivity index (χ2n) is 7.52. The predicted molar refractivity (Wildman–Crippen MR) is 109 cm³/mol. The first-order valence-electron chi connectivity index (χ1n) is 11.2. The van der Waals surface area contributed by atoms with E-state index in [2.05, 4.69) is 19.2 Å². The number of hydrogen-bond donors (Lipinski definition) is 2. The monoisotopic (exact) mass is 341 g/mol. The van der Waals surface area contributed by atoms with Gasteiger partial charge in [0.05, 0.1) is 6.61 Å². The summed E-state index contributed by atoms with van der Waals surface area (Å²) in [5.41, 5.74) is 0. The van der Waals surface area contributed by atoms with Gasteiger partial charge in [-0.05, 0) is 12.8 Å². The minimum absolute atomic E-state index is 0.259. The molecular formula is C22H47NO. The Labute approximate surface area is 153 Å². The average molecular weight is 342 g/mol. The fraction of sp³-hybridized carbons (Fsp3) is 1.00. The summed E-state index contributed by atoms with van der Waals surface area (Å²) in [7, 11) is 0. The van der Waals surface area contributed by atoms with Crippen LogP contribution in [0.5, 0.6) is 0 Å². The largest absolute Gasteiger partial charge is 0.395 e. The Bertz CT molecular complexity index is 220. The van der Waals surface area contributed by atoms with Crippen LogP contribution in [0.3, 0.4) is 0 Å². The minimum atomic E-state index is 0.259. The molecule has 2 nitrogen and oxygen atoms in total. The lowest BCUT2D eigenvalue weighted by Crippen LogP contribution is -2.30. The van der Waals surface area contributed by atoms with Crippen LogP contribution in [-0.2, 0) is 0 Å². The molecule has 0 aliphatic carbocycles. The molecule has 1 atom stereocenters. The maximum atomic E-state index is 8.85. The van der Waals surface area contributed by atoms with Gasteiger partial charge in [0.25, 0.3) is 0 Å². The van der Waals surface area contributed by atoms with Gasteiger partial charge in [0, 0.05) is 12.6 Å². The predicted octanol–water partition coefficient (Wildman–Crippen LogP) is 6.61. The molecule has 0 amide bonds. The zero-order valence-electron chi connectivity index (χ0n) is 17.0. The quantitative estimate of drug-likeness (QED) is 0.244. The van der Waals surface area contributed by atoms with Crippen LogP contribution in [0.2, 0.25) is 0 Å². The van der Waals surface area contributed by atoms with Crippen molar-refractivity contribution in [3.05, 3.63) is 0 Å². The molecule has 146 valence electrons. The highest BCUT2D eigenvalue weighted by Gasteiger charge is 2.04. The SMILES string of the molecule is CCCCCCCCCCCCCCCCCC(CC)NCCO. The van der Waals surface area contributed by atoms with E-state index < -0.39 is 0 Å². The number of hydrogen-bond acceptors (Lipinski definition) is 2. The van der Waals surface area contributed by atoms with Crippen molar-refractivity contribution < 1.29 is 5.11 Å². The van der Waals surface area contributed by atoms with E-state index in [0.717, 1.165) is 6.54 Å². The summed E-state index contributed by atoms with van der Waals surface area (Å²) in [4.78, 5) is 0. The number of rotatable bonds is 20. The van der Waals surface area contributed by atoms with Crippen molar-refractivity contribution in [1.29, 1.82) is 0 Å². The molecule has 0 saturated heterocycles. The van der Waals surface area contributed by atoms with Crippen LogP contribution < -0.4 is 5.32 Å². The number of aliphatic hydroxyl groups excluding tert-OH is 1. The van der Waals surface area contributed by atoms with E-state index in [4.69, 9.17) is 5.11 Å². The van der Waals surface area contributed by atoms with Crippen molar-refractivity contribution in [1.82, 2.24) is 5.32 Å². The van der Waals surface area contributed by atoms with Crippen LogP contribution in [-0.4, -0.2) is 24.3 Å². The van der Waals surface area contributed by atoms with Crippen molar-refractivity contribution in [3.63, 3.8) is 0 Å². The van der Waals surface area contributed by atoms with E-state index in [0.29, 0.717) is 6.04 Å². The van der Waals surface area contributed by atoms with Gasteiger partial charge in [-0.1, -0.05) is 110 Å². The average Bonchev–Trinajstić information content (AvgIpc) is 2.61. The number of aliphatic hydroxyl groups is 1. The first-order valence-corrected chi connectivity index (χ1v) is 11.2. The van der Waals surface area contributed by atoms with Crippen LogP contribution in [0.4, 0.5) is 0 Å². The van der Waals surface area contributed by atoms with Gasteiger partial charge in [-0.15, -0.1) is 0 Å². The maximum Gasteiger partial charge on any atom is 0.0556 e. The molecule has 0 bridgehead atoms. The summed E-state index contributed by atoms with van der Waals surface area (Å²) < 4.78 is 0. The van der Waals surface area contributed by atoms with Crippen LogP contribution in [0.1, 0.15) is 123 Å². The smallest absolute Gasteiger partial charge is 0.0556 e. The Hall–Kier alpha value is -0.0800. The second kappa shape index (κ2) is 21.0. The third-order valence-corrected chi connectivity index (χ3v) is 5.19. The van der Waals surface area contributed by atoms with Gasteiger partial charge in [-0.25, -0.2) is 0 Å². The highest BCUT2D eigenvalue weighted by atomic mass is 16.3. The van der Waals surface area contributed by atoms with Gasteiger partial charge in [-0.3, -0.25) is 0 Å². The molecule has 24 heavy (non-hydrogen) atoms. The van der Waals surface area contributed by atoms with Crippen molar-refractivity contribution >= 4 is 0 Å². The molecule has 0 saturated carbocycles. The Balaban J connectivity index is 3.12. The Morgan fingerprint density at radius 2 is 1.04 bits per heavy atom. The highest BCUT2D eigenvalue weighted by Crippen LogP contribution is 2.14. The molecule has 0 aliphatic rings. The summed E-state index contributed by atoms with van der Waals surface area (Å²) in [5, 5.41) is 12.3. The molecule has 1 unspecified atom stereocenters. The zero-order valence-corrected chi connectivity index (χ0v) is 17.0. The lowest BCUT2D eigenvalue weighted by Gasteiger charge is -2.15. The normalized spacial score (nSPS) is 12.6. The summed E-state index contributed by atoms with van der Waals surface area (Å²) in [6.45, 7) is 5.53.